The molecule has 0 spiro atoms. The highest BCUT2D eigenvalue weighted by atomic mass is 32.2. The Balaban J connectivity index is 1.93. The summed E-state index contributed by atoms with van der Waals surface area (Å²) in [7, 11) is 0. The Bertz CT molecular complexity index is 531. The third kappa shape index (κ3) is 3.90. The van der Waals surface area contributed by atoms with E-state index in [1.807, 2.05) is 27.7 Å². The fraction of sp³-hybridized carbons (Fsp3) is 0.636. The summed E-state index contributed by atoms with van der Waals surface area (Å²) in [6, 6.07) is 0. The smallest absolute Gasteiger partial charge is 0.232 e. The van der Waals surface area contributed by atoms with Crippen molar-refractivity contribution in [2.75, 3.05) is 11.9 Å². The molecule has 2 aromatic rings. The van der Waals surface area contributed by atoms with E-state index in [2.05, 4.69) is 25.7 Å². The van der Waals surface area contributed by atoms with Crippen molar-refractivity contribution in [2.24, 2.45) is 0 Å². The van der Waals surface area contributed by atoms with E-state index in [4.69, 9.17) is 4.52 Å². The highest BCUT2D eigenvalue weighted by molar-refractivity contribution is 8.00. The van der Waals surface area contributed by atoms with Crippen molar-refractivity contribution in [3.8, 4) is 0 Å². The number of anilines is 1. The van der Waals surface area contributed by atoms with Crippen LogP contribution in [-0.2, 0) is 11.2 Å². The second-order valence-corrected chi connectivity index (χ2v) is 7.16. The molecular weight excluding hydrogens is 282 g/mol. The number of aromatic nitrogens is 4. The second kappa shape index (κ2) is 5.87. The molecule has 104 valence electrons. The summed E-state index contributed by atoms with van der Waals surface area (Å²) in [5, 5.41) is 16.1. The summed E-state index contributed by atoms with van der Waals surface area (Å²) in [5.41, 5.74) is -0.114. The van der Waals surface area contributed by atoms with Crippen LogP contribution in [0.3, 0.4) is 0 Å². The molecule has 0 radical (unpaired) electrons. The molecule has 1 N–H and O–H groups in total. The van der Waals surface area contributed by atoms with E-state index in [9.17, 15) is 0 Å². The van der Waals surface area contributed by atoms with Crippen LogP contribution in [0.4, 0.5) is 5.13 Å². The fourth-order valence-electron chi connectivity index (χ4n) is 1.23. The molecule has 19 heavy (non-hydrogen) atoms. The Hall–Kier alpha value is -1.15. The van der Waals surface area contributed by atoms with Gasteiger partial charge in [0.15, 0.2) is 10.2 Å². The van der Waals surface area contributed by atoms with Crippen LogP contribution in [0.15, 0.2) is 8.86 Å². The summed E-state index contributed by atoms with van der Waals surface area (Å²) in [6.07, 6.45) is 0. The van der Waals surface area contributed by atoms with Crippen LogP contribution in [-0.4, -0.2) is 26.9 Å². The minimum Gasteiger partial charge on any atom is -0.360 e. The zero-order valence-electron chi connectivity index (χ0n) is 11.4. The SMILES string of the molecule is CCNc1nnc(SCc2noc(C(C)(C)C)n2)s1. The molecule has 8 heteroatoms. The molecule has 0 saturated carbocycles. The fourth-order valence-corrected chi connectivity index (χ4v) is 2.90. The lowest BCUT2D eigenvalue weighted by Gasteiger charge is -2.10. The first-order valence-corrected chi connectivity index (χ1v) is 7.82. The van der Waals surface area contributed by atoms with Crippen molar-refractivity contribution < 1.29 is 4.52 Å². The molecule has 2 rings (SSSR count). The third-order valence-corrected chi connectivity index (χ3v) is 4.18. The van der Waals surface area contributed by atoms with Gasteiger partial charge in [-0.2, -0.15) is 4.98 Å². The van der Waals surface area contributed by atoms with Crippen LogP contribution < -0.4 is 5.32 Å². The van der Waals surface area contributed by atoms with Gasteiger partial charge in [-0.15, -0.1) is 10.2 Å². The van der Waals surface area contributed by atoms with E-state index in [1.54, 1.807) is 11.8 Å². The molecular formula is C11H17N5OS2. The lowest BCUT2D eigenvalue weighted by molar-refractivity contribution is 0.319. The number of nitrogens with one attached hydrogen (secondary N) is 1. The normalized spacial score (nSPS) is 11.8. The van der Waals surface area contributed by atoms with E-state index in [1.165, 1.54) is 11.3 Å². The van der Waals surface area contributed by atoms with Gasteiger partial charge in [0, 0.05) is 12.0 Å². The van der Waals surface area contributed by atoms with E-state index in [0.717, 1.165) is 16.0 Å². The van der Waals surface area contributed by atoms with Gasteiger partial charge in [-0.1, -0.05) is 49.0 Å². The maximum Gasteiger partial charge on any atom is 0.232 e. The highest BCUT2D eigenvalue weighted by Gasteiger charge is 2.21. The quantitative estimate of drug-likeness (QED) is 0.850. The van der Waals surface area contributed by atoms with Crippen molar-refractivity contribution in [3.05, 3.63) is 11.7 Å². The predicted octanol–water partition coefficient (Wildman–Crippen LogP) is 2.94. The molecule has 0 aliphatic rings. The van der Waals surface area contributed by atoms with Crippen LogP contribution in [0.2, 0.25) is 0 Å². The summed E-state index contributed by atoms with van der Waals surface area (Å²) < 4.78 is 6.14. The Labute approximate surface area is 120 Å². The number of hydrogen-bond donors (Lipinski definition) is 1. The van der Waals surface area contributed by atoms with Crippen molar-refractivity contribution in [1.29, 1.82) is 0 Å². The Morgan fingerprint density at radius 1 is 1.32 bits per heavy atom. The standard InChI is InChI=1S/C11H17N5OS2/c1-5-12-9-14-15-10(19-9)18-6-7-13-8(17-16-7)11(2,3)4/h5-6H2,1-4H3,(H,12,14). The van der Waals surface area contributed by atoms with Crippen molar-refractivity contribution in [3.63, 3.8) is 0 Å². The van der Waals surface area contributed by atoms with E-state index < -0.39 is 0 Å². The molecule has 2 aromatic heterocycles. The lowest BCUT2D eigenvalue weighted by Crippen LogP contribution is -2.11. The van der Waals surface area contributed by atoms with Crippen molar-refractivity contribution in [1.82, 2.24) is 20.3 Å². The van der Waals surface area contributed by atoms with Crippen LogP contribution in [0, 0.1) is 0 Å². The highest BCUT2D eigenvalue weighted by Crippen LogP contribution is 2.28. The van der Waals surface area contributed by atoms with Crippen LogP contribution in [0.1, 0.15) is 39.4 Å². The Kier molecular flexibility index (Phi) is 4.41. The van der Waals surface area contributed by atoms with E-state index in [0.29, 0.717) is 17.5 Å². The van der Waals surface area contributed by atoms with Gasteiger partial charge in [-0.05, 0) is 6.92 Å². The molecule has 0 saturated heterocycles. The first kappa shape index (κ1) is 14.3. The molecule has 0 aliphatic carbocycles. The van der Waals surface area contributed by atoms with Gasteiger partial charge in [-0.3, -0.25) is 0 Å². The molecule has 0 atom stereocenters. The second-order valence-electron chi connectivity index (χ2n) is 4.96. The van der Waals surface area contributed by atoms with E-state index in [-0.39, 0.29) is 5.41 Å². The van der Waals surface area contributed by atoms with Crippen molar-refractivity contribution in [2.45, 2.75) is 43.2 Å². The number of hydrogen-bond acceptors (Lipinski definition) is 8. The maximum atomic E-state index is 5.24. The van der Waals surface area contributed by atoms with Gasteiger partial charge in [-0.25, -0.2) is 0 Å². The molecule has 0 fully saturated rings. The van der Waals surface area contributed by atoms with Gasteiger partial charge in [0.05, 0.1) is 5.75 Å². The monoisotopic (exact) mass is 299 g/mol. The molecule has 0 unspecified atom stereocenters. The molecule has 0 aliphatic heterocycles. The summed E-state index contributed by atoms with van der Waals surface area (Å²) in [5.74, 6) is 1.99. The molecule has 2 heterocycles. The first-order chi connectivity index (χ1) is 8.99. The maximum absolute atomic E-state index is 5.24. The minimum absolute atomic E-state index is 0.114. The number of thioether (sulfide) groups is 1. The van der Waals surface area contributed by atoms with Gasteiger partial charge >= 0.3 is 0 Å². The predicted molar refractivity (Wildman–Crippen MR) is 76.6 cm³/mol. The number of nitrogens with zero attached hydrogens (tertiary/aromatic N) is 4. The van der Waals surface area contributed by atoms with Crippen LogP contribution in [0.25, 0.3) is 0 Å². The van der Waals surface area contributed by atoms with Crippen molar-refractivity contribution >= 4 is 28.2 Å². The summed E-state index contributed by atoms with van der Waals surface area (Å²) in [4.78, 5) is 4.38. The number of rotatable bonds is 5. The van der Waals surface area contributed by atoms with Gasteiger partial charge in [0.2, 0.25) is 11.0 Å². The Morgan fingerprint density at radius 2 is 2.11 bits per heavy atom. The summed E-state index contributed by atoms with van der Waals surface area (Å²) in [6.45, 7) is 9.02. The van der Waals surface area contributed by atoms with Gasteiger partial charge in [0.1, 0.15) is 0 Å². The zero-order valence-corrected chi connectivity index (χ0v) is 13.1. The first-order valence-electron chi connectivity index (χ1n) is 6.02. The zero-order chi connectivity index (χ0) is 13.9. The molecule has 0 amide bonds. The topological polar surface area (TPSA) is 76.7 Å². The molecule has 0 bridgehead atoms. The van der Waals surface area contributed by atoms with Gasteiger partial charge < -0.3 is 9.84 Å². The minimum atomic E-state index is -0.114. The largest absolute Gasteiger partial charge is 0.360 e. The van der Waals surface area contributed by atoms with Gasteiger partial charge in [0.25, 0.3) is 0 Å². The third-order valence-electron chi connectivity index (χ3n) is 2.17. The average molecular weight is 299 g/mol. The molecule has 0 aromatic carbocycles. The Morgan fingerprint density at radius 3 is 2.74 bits per heavy atom. The summed E-state index contributed by atoms with van der Waals surface area (Å²) >= 11 is 3.10. The molecule has 6 nitrogen and oxygen atoms in total. The van der Waals surface area contributed by atoms with E-state index >= 15 is 0 Å². The average Bonchev–Trinajstić information content (AvgIpc) is 2.94. The lowest BCUT2D eigenvalue weighted by atomic mass is 9.97. The van der Waals surface area contributed by atoms with Crippen LogP contribution in [0.5, 0.6) is 0 Å². The van der Waals surface area contributed by atoms with Crippen LogP contribution >= 0.6 is 23.1 Å².